The van der Waals surface area contributed by atoms with Gasteiger partial charge in [0.05, 0.1) is 0 Å². The molecule has 0 atom stereocenters. The maximum atomic E-state index is 5.67. The number of halogens is 1. The molecule has 0 saturated heterocycles. The summed E-state index contributed by atoms with van der Waals surface area (Å²) in [5, 5.41) is 0. The summed E-state index contributed by atoms with van der Waals surface area (Å²) in [6, 6.07) is 0. The van der Waals surface area contributed by atoms with Gasteiger partial charge in [0.1, 0.15) is 7.38 Å². The molecule has 0 aromatic carbocycles. The van der Waals surface area contributed by atoms with Gasteiger partial charge in [0.25, 0.3) is 0 Å². The SMILES string of the molecule is CO[Si](C)(C)OC.C[Si](C)(C)Cl. The molecule has 5 heteroatoms. The Morgan fingerprint density at radius 2 is 1.00 bits per heavy atom. The van der Waals surface area contributed by atoms with Crippen LogP contribution in [0.2, 0.25) is 32.7 Å². The molecule has 2 nitrogen and oxygen atoms in total. The van der Waals surface area contributed by atoms with Gasteiger partial charge in [-0.25, -0.2) is 0 Å². The van der Waals surface area contributed by atoms with E-state index in [1.807, 2.05) is 13.1 Å². The van der Waals surface area contributed by atoms with Gasteiger partial charge in [0.15, 0.2) is 0 Å². The molecule has 0 radical (unpaired) electrons. The van der Waals surface area contributed by atoms with Crippen LogP contribution in [0.5, 0.6) is 0 Å². The smallest absolute Gasteiger partial charge is 0.331 e. The first kappa shape index (κ1) is 15.1. The predicted molar refractivity (Wildman–Crippen MR) is 60.7 cm³/mol. The van der Waals surface area contributed by atoms with Gasteiger partial charge in [-0.3, -0.25) is 0 Å². The van der Waals surface area contributed by atoms with Gasteiger partial charge in [0.2, 0.25) is 0 Å². The van der Waals surface area contributed by atoms with Crippen LogP contribution in [0.3, 0.4) is 0 Å². The van der Waals surface area contributed by atoms with E-state index in [9.17, 15) is 0 Å². The highest BCUT2D eigenvalue weighted by molar-refractivity contribution is 7.18. The third-order valence-electron chi connectivity index (χ3n) is 0.983. The average molecular weight is 229 g/mol. The molecule has 0 aliphatic carbocycles. The normalized spacial score (nSPS) is 12.0. The van der Waals surface area contributed by atoms with E-state index in [1.54, 1.807) is 14.2 Å². The standard InChI is InChI=1S/C4H12O2Si.C3H9ClSi/c1-5-7(3,4)6-2;1-5(2,3)4/h1-4H3;1-3H3. The minimum atomic E-state index is -1.65. The van der Waals surface area contributed by atoms with Crippen molar-refractivity contribution in [3.05, 3.63) is 0 Å². The van der Waals surface area contributed by atoms with E-state index in [0.29, 0.717) is 0 Å². The lowest BCUT2D eigenvalue weighted by Gasteiger charge is -2.15. The molecule has 0 rings (SSSR count). The molecule has 0 heterocycles. The van der Waals surface area contributed by atoms with Crippen molar-refractivity contribution in [2.45, 2.75) is 32.7 Å². The molecule has 12 heavy (non-hydrogen) atoms. The molecule has 0 fully saturated rings. The maximum absolute atomic E-state index is 5.67. The zero-order chi connectivity index (χ0) is 10.4. The van der Waals surface area contributed by atoms with E-state index in [1.165, 1.54) is 0 Å². The van der Waals surface area contributed by atoms with Crippen LogP contribution in [0.1, 0.15) is 0 Å². The molecule has 0 saturated carbocycles. The van der Waals surface area contributed by atoms with Gasteiger partial charge < -0.3 is 8.85 Å². The molecule has 76 valence electrons. The predicted octanol–water partition coefficient (Wildman–Crippen LogP) is 3.04. The van der Waals surface area contributed by atoms with Gasteiger partial charge >= 0.3 is 8.56 Å². The lowest BCUT2D eigenvalue weighted by atomic mass is 11.8. The highest BCUT2D eigenvalue weighted by atomic mass is 35.6. The molecule has 0 aromatic rings. The second-order valence-electron chi connectivity index (χ2n) is 3.88. The van der Waals surface area contributed by atoms with Crippen molar-refractivity contribution < 1.29 is 8.85 Å². The molecule has 0 spiro atoms. The van der Waals surface area contributed by atoms with E-state index < -0.39 is 15.9 Å². The van der Waals surface area contributed by atoms with Crippen molar-refractivity contribution in [3.8, 4) is 0 Å². The lowest BCUT2D eigenvalue weighted by Crippen LogP contribution is -2.31. The molecule has 0 bridgehead atoms. The van der Waals surface area contributed by atoms with E-state index >= 15 is 0 Å². The van der Waals surface area contributed by atoms with Gasteiger partial charge in [-0.05, 0) is 13.1 Å². The highest BCUT2D eigenvalue weighted by Gasteiger charge is 2.19. The summed E-state index contributed by atoms with van der Waals surface area (Å²) in [5.41, 5.74) is 0. The van der Waals surface area contributed by atoms with E-state index in [4.69, 9.17) is 19.9 Å². The van der Waals surface area contributed by atoms with Crippen molar-refractivity contribution in [2.75, 3.05) is 14.2 Å². The van der Waals surface area contributed by atoms with Crippen LogP contribution < -0.4 is 0 Å². The molecule has 0 aromatic heterocycles. The summed E-state index contributed by atoms with van der Waals surface area (Å²) in [6.07, 6.45) is 0. The third kappa shape index (κ3) is 22.4. The Morgan fingerprint density at radius 1 is 0.833 bits per heavy atom. The van der Waals surface area contributed by atoms with Crippen molar-refractivity contribution >= 4 is 27.0 Å². The topological polar surface area (TPSA) is 18.5 Å². The molecule has 0 N–H and O–H groups in total. The summed E-state index contributed by atoms with van der Waals surface area (Å²) in [6.45, 7) is 10.3. The first-order chi connectivity index (χ1) is 5.12. The summed E-state index contributed by atoms with van der Waals surface area (Å²) in [4.78, 5) is 0. The molecule has 0 amide bonds. The van der Waals surface area contributed by atoms with Crippen LogP contribution in [0.15, 0.2) is 0 Å². The number of hydrogen-bond acceptors (Lipinski definition) is 2. The zero-order valence-corrected chi connectivity index (χ0v) is 12.0. The first-order valence-electron chi connectivity index (χ1n) is 3.91. The molecule has 0 aliphatic rings. The van der Waals surface area contributed by atoms with Gasteiger partial charge in [-0.2, -0.15) is 11.1 Å². The van der Waals surface area contributed by atoms with Crippen LogP contribution >= 0.6 is 11.1 Å². The molecule has 0 aliphatic heterocycles. The average Bonchev–Trinajstić information content (AvgIpc) is 1.85. The first-order valence-corrected chi connectivity index (χ1v) is 11.2. The Kier molecular flexibility index (Phi) is 7.76. The summed E-state index contributed by atoms with van der Waals surface area (Å²) in [7, 11) is 0.563. The third-order valence-corrected chi connectivity index (χ3v) is 2.95. The Bertz CT molecular complexity index is 100. The maximum Gasteiger partial charge on any atom is 0.331 e. The van der Waals surface area contributed by atoms with Crippen LogP contribution in [-0.4, -0.2) is 30.2 Å². The van der Waals surface area contributed by atoms with Gasteiger partial charge in [-0.1, -0.05) is 19.6 Å². The Balaban J connectivity index is 0. The second-order valence-corrected chi connectivity index (χ2v) is 15.0. The van der Waals surface area contributed by atoms with Crippen LogP contribution in [0.25, 0.3) is 0 Å². The monoisotopic (exact) mass is 228 g/mol. The Morgan fingerprint density at radius 3 is 1.00 bits per heavy atom. The van der Waals surface area contributed by atoms with Crippen LogP contribution in [-0.2, 0) is 8.85 Å². The van der Waals surface area contributed by atoms with Gasteiger partial charge in [-0.15, -0.1) is 0 Å². The summed E-state index contributed by atoms with van der Waals surface area (Å²) in [5.74, 6) is 0. The quantitative estimate of drug-likeness (QED) is 0.535. The van der Waals surface area contributed by atoms with E-state index in [2.05, 4.69) is 19.6 Å². The summed E-state index contributed by atoms with van der Waals surface area (Å²) < 4.78 is 10.0. The summed E-state index contributed by atoms with van der Waals surface area (Å²) >= 11 is 5.67. The fourth-order valence-corrected chi connectivity index (χ4v) is 0.250. The van der Waals surface area contributed by atoms with Crippen LogP contribution in [0.4, 0.5) is 0 Å². The highest BCUT2D eigenvalue weighted by Crippen LogP contribution is 2.03. The van der Waals surface area contributed by atoms with E-state index in [-0.39, 0.29) is 0 Å². The minimum absolute atomic E-state index is 1.14. The van der Waals surface area contributed by atoms with Gasteiger partial charge in [0, 0.05) is 14.2 Å². The lowest BCUT2D eigenvalue weighted by molar-refractivity contribution is 0.258. The molecular weight excluding hydrogens is 208 g/mol. The van der Waals surface area contributed by atoms with Crippen LogP contribution in [0, 0.1) is 0 Å². The van der Waals surface area contributed by atoms with Crippen molar-refractivity contribution in [1.29, 1.82) is 0 Å². The largest absolute Gasteiger partial charge is 0.398 e. The second kappa shape index (κ2) is 6.15. The zero-order valence-electron chi connectivity index (χ0n) is 9.19. The number of hydrogen-bond donors (Lipinski definition) is 0. The fraction of sp³-hybridized carbons (Fsp3) is 1.00. The Hall–Kier alpha value is 0.644. The molecular formula is C7H21ClO2Si2. The van der Waals surface area contributed by atoms with Crippen molar-refractivity contribution in [1.82, 2.24) is 0 Å². The Labute approximate surface area is 83.2 Å². The van der Waals surface area contributed by atoms with Crippen molar-refractivity contribution in [2.24, 2.45) is 0 Å². The fourth-order valence-electron chi connectivity index (χ4n) is 0.0833. The van der Waals surface area contributed by atoms with Crippen molar-refractivity contribution in [3.63, 3.8) is 0 Å². The molecule has 0 unspecified atom stereocenters. The van der Waals surface area contributed by atoms with E-state index in [0.717, 1.165) is 0 Å². The minimum Gasteiger partial charge on any atom is -0.398 e. The number of rotatable bonds is 2.